The highest BCUT2D eigenvalue weighted by molar-refractivity contribution is 7.26. The predicted molar refractivity (Wildman–Crippen MR) is 107 cm³/mol. The fourth-order valence-corrected chi connectivity index (χ4v) is 4.96. The average Bonchev–Trinajstić information content (AvgIpc) is 3.44. The van der Waals surface area contributed by atoms with E-state index in [-0.39, 0.29) is 13.4 Å². The molecule has 0 aliphatic carbocycles. The smallest absolute Gasteiger partial charge is 0.231 e. The number of aromatic nitrogens is 2. The number of aliphatic hydroxyl groups is 1. The van der Waals surface area contributed by atoms with Crippen LogP contribution in [0.4, 0.5) is 5.82 Å². The van der Waals surface area contributed by atoms with Gasteiger partial charge in [0, 0.05) is 21.2 Å². The van der Waals surface area contributed by atoms with Gasteiger partial charge in [-0.15, -0.1) is 22.7 Å². The second-order valence-corrected chi connectivity index (χ2v) is 8.23. The SMILES string of the molecule is OCc1ccc(-c2cc3ncnc(NCc4ccc5c(c4)OCO5)c3s2)s1. The van der Waals surface area contributed by atoms with Crippen molar-refractivity contribution >= 4 is 38.7 Å². The first-order chi connectivity index (χ1) is 13.3. The summed E-state index contributed by atoms with van der Waals surface area (Å²) in [6.45, 7) is 0.971. The Kier molecular flexibility index (Phi) is 4.16. The monoisotopic (exact) mass is 397 g/mol. The Morgan fingerprint density at radius 3 is 2.81 bits per heavy atom. The number of benzene rings is 1. The van der Waals surface area contributed by atoms with Crippen molar-refractivity contribution in [1.29, 1.82) is 0 Å². The number of thiophene rings is 2. The number of hydrogen-bond donors (Lipinski definition) is 2. The highest BCUT2D eigenvalue weighted by atomic mass is 32.1. The number of ether oxygens (including phenoxy) is 2. The molecule has 8 heteroatoms. The molecule has 0 bridgehead atoms. The van der Waals surface area contributed by atoms with Crippen LogP contribution in [0.3, 0.4) is 0 Å². The zero-order chi connectivity index (χ0) is 18.2. The van der Waals surface area contributed by atoms with Crippen molar-refractivity contribution in [3.63, 3.8) is 0 Å². The Labute approximate surface area is 163 Å². The molecular weight excluding hydrogens is 382 g/mol. The molecule has 0 radical (unpaired) electrons. The first kappa shape index (κ1) is 16.5. The van der Waals surface area contributed by atoms with Crippen LogP contribution in [-0.4, -0.2) is 21.9 Å². The summed E-state index contributed by atoms with van der Waals surface area (Å²) >= 11 is 3.25. The van der Waals surface area contributed by atoms with Crippen molar-refractivity contribution in [2.24, 2.45) is 0 Å². The summed E-state index contributed by atoms with van der Waals surface area (Å²) in [6, 6.07) is 12.0. The number of hydrogen-bond acceptors (Lipinski definition) is 8. The summed E-state index contributed by atoms with van der Waals surface area (Å²) in [7, 11) is 0. The van der Waals surface area contributed by atoms with Crippen LogP contribution in [0.5, 0.6) is 11.5 Å². The van der Waals surface area contributed by atoms with E-state index in [0.29, 0.717) is 6.54 Å². The highest BCUT2D eigenvalue weighted by Gasteiger charge is 2.14. The molecule has 0 atom stereocenters. The third-order valence-corrected chi connectivity index (χ3v) is 6.67. The highest BCUT2D eigenvalue weighted by Crippen LogP contribution is 2.39. The maximum Gasteiger partial charge on any atom is 0.231 e. The van der Waals surface area contributed by atoms with Crippen LogP contribution >= 0.6 is 22.7 Å². The third-order valence-electron chi connectivity index (χ3n) is 4.27. The normalized spacial score (nSPS) is 12.6. The van der Waals surface area contributed by atoms with Gasteiger partial charge in [-0.3, -0.25) is 0 Å². The van der Waals surface area contributed by atoms with E-state index in [1.807, 2.05) is 30.3 Å². The van der Waals surface area contributed by atoms with Crippen LogP contribution in [0.15, 0.2) is 42.7 Å². The van der Waals surface area contributed by atoms with E-state index in [0.717, 1.165) is 47.7 Å². The Hall–Kier alpha value is -2.68. The van der Waals surface area contributed by atoms with Gasteiger partial charge in [0.1, 0.15) is 12.1 Å². The molecule has 136 valence electrons. The second-order valence-electron chi connectivity index (χ2n) is 6.01. The van der Waals surface area contributed by atoms with Crippen LogP contribution in [0.2, 0.25) is 0 Å². The van der Waals surface area contributed by atoms with Gasteiger partial charge in [0.15, 0.2) is 11.5 Å². The number of nitrogens with zero attached hydrogens (tertiary/aromatic N) is 2. The quantitative estimate of drug-likeness (QED) is 0.524. The van der Waals surface area contributed by atoms with Gasteiger partial charge in [-0.25, -0.2) is 9.97 Å². The third kappa shape index (κ3) is 3.12. The van der Waals surface area contributed by atoms with Crippen molar-refractivity contribution in [2.75, 3.05) is 12.1 Å². The van der Waals surface area contributed by atoms with Crippen molar-refractivity contribution in [1.82, 2.24) is 9.97 Å². The summed E-state index contributed by atoms with van der Waals surface area (Å²) in [5.41, 5.74) is 2.01. The van der Waals surface area contributed by atoms with Crippen LogP contribution in [-0.2, 0) is 13.2 Å². The van der Waals surface area contributed by atoms with E-state index in [2.05, 4.69) is 21.4 Å². The topological polar surface area (TPSA) is 76.5 Å². The van der Waals surface area contributed by atoms with Crippen molar-refractivity contribution in [2.45, 2.75) is 13.2 Å². The van der Waals surface area contributed by atoms with E-state index in [1.165, 1.54) is 0 Å². The first-order valence-electron chi connectivity index (χ1n) is 8.37. The van der Waals surface area contributed by atoms with E-state index >= 15 is 0 Å². The van der Waals surface area contributed by atoms with Crippen molar-refractivity contribution in [3.05, 3.63) is 53.2 Å². The van der Waals surface area contributed by atoms with Crippen LogP contribution in [0, 0.1) is 0 Å². The zero-order valence-electron chi connectivity index (χ0n) is 14.1. The first-order valence-corrected chi connectivity index (χ1v) is 10.0. The summed E-state index contributed by atoms with van der Waals surface area (Å²) in [4.78, 5) is 12.0. The van der Waals surface area contributed by atoms with Gasteiger partial charge in [-0.05, 0) is 35.9 Å². The van der Waals surface area contributed by atoms with Gasteiger partial charge >= 0.3 is 0 Å². The van der Waals surface area contributed by atoms with Crippen molar-refractivity contribution < 1.29 is 14.6 Å². The number of fused-ring (bicyclic) bond motifs is 2. The predicted octanol–water partition coefficient (Wildman–Crippen LogP) is 4.25. The molecule has 1 aliphatic heterocycles. The minimum Gasteiger partial charge on any atom is -0.454 e. The van der Waals surface area contributed by atoms with Gasteiger partial charge < -0.3 is 19.9 Å². The largest absolute Gasteiger partial charge is 0.454 e. The molecule has 3 aromatic heterocycles. The van der Waals surface area contributed by atoms with Gasteiger partial charge in [0.25, 0.3) is 0 Å². The van der Waals surface area contributed by atoms with E-state index in [9.17, 15) is 5.11 Å². The van der Waals surface area contributed by atoms with Crippen molar-refractivity contribution in [3.8, 4) is 21.3 Å². The number of nitrogens with one attached hydrogen (secondary N) is 1. The Morgan fingerprint density at radius 1 is 1.00 bits per heavy atom. The molecule has 0 amide bonds. The molecule has 4 aromatic rings. The molecular formula is C19H15N3O3S2. The fourth-order valence-electron chi connectivity index (χ4n) is 2.93. The number of anilines is 1. The van der Waals surface area contributed by atoms with Gasteiger partial charge in [0.2, 0.25) is 6.79 Å². The molecule has 2 N–H and O–H groups in total. The standard InChI is InChI=1S/C19H15N3O3S2/c23-8-12-2-4-16(26-12)17-6-13-18(27-17)19(22-9-21-13)20-7-11-1-3-14-15(5-11)25-10-24-14/h1-6,9,23H,7-8,10H2,(H,20,21,22). The van der Waals surface area contributed by atoms with Crippen LogP contribution in [0.1, 0.15) is 10.4 Å². The number of aliphatic hydroxyl groups excluding tert-OH is 1. The molecule has 5 rings (SSSR count). The summed E-state index contributed by atoms with van der Waals surface area (Å²) in [5.74, 6) is 2.37. The average molecular weight is 397 g/mol. The Balaban J connectivity index is 1.41. The van der Waals surface area contributed by atoms with Gasteiger partial charge in [-0.1, -0.05) is 6.07 Å². The number of rotatable bonds is 5. The maximum absolute atomic E-state index is 9.28. The van der Waals surface area contributed by atoms with Crippen LogP contribution < -0.4 is 14.8 Å². The molecule has 1 aliphatic rings. The molecule has 0 spiro atoms. The molecule has 0 saturated heterocycles. The Morgan fingerprint density at radius 2 is 1.93 bits per heavy atom. The molecule has 0 saturated carbocycles. The summed E-state index contributed by atoms with van der Waals surface area (Å²) < 4.78 is 11.8. The zero-order valence-corrected chi connectivity index (χ0v) is 15.8. The molecule has 0 fully saturated rings. The van der Waals surface area contributed by atoms with Crippen LogP contribution in [0.25, 0.3) is 20.0 Å². The molecule has 4 heterocycles. The lowest BCUT2D eigenvalue weighted by Crippen LogP contribution is -2.01. The van der Waals surface area contributed by atoms with E-state index in [4.69, 9.17) is 9.47 Å². The molecule has 27 heavy (non-hydrogen) atoms. The molecule has 1 aromatic carbocycles. The van der Waals surface area contributed by atoms with Gasteiger partial charge in [0.05, 0.1) is 16.8 Å². The fraction of sp³-hybridized carbons (Fsp3) is 0.158. The molecule has 0 unspecified atom stereocenters. The second kappa shape index (κ2) is 6.80. The minimum absolute atomic E-state index is 0.0672. The maximum atomic E-state index is 9.28. The molecule has 6 nitrogen and oxygen atoms in total. The summed E-state index contributed by atoms with van der Waals surface area (Å²) in [6.07, 6.45) is 1.58. The van der Waals surface area contributed by atoms with E-state index in [1.54, 1.807) is 29.0 Å². The van der Waals surface area contributed by atoms with E-state index < -0.39 is 0 Å². The van der Waals surface area contributed by atoms with Gasteiger partial charge in [-0.2, -0.15) is 0 Å². The Bertz CT molecular complexity index is 1120. The summed E-state index contributed by atoms with van der Waals surface area (Å²) in [5, 5.41) is 12.7. The lowest BCUT2D eigenvalue weighted by Gasteiger charge is -2.07. The lowest BCUT2D eigenvalue weighted by atomic mass is 10.2. The lowest BCUT2D eigenvalue weighted by molar-refractivity contribution is 0.174. The minimum atomic E-state index is 0.0672.